The number of hydrogen-bond donors (Lipinski definition) is 2. The van der Waals surface area contributed by atoms with Crippen LogP contribution in [-0.4, -0.2) is 55.5 Å². The van der Waals surface area contributed by atoms with Gasteiger partial charge >= 0.3 is 0 Å². The van der Waals surface area contributed by atoms with E-state index in [2.05, 4.69) is 9.97 Å². The Morgan fingerprint density at radius 1 is 1.57 bits per heavy atom. The molecule has 3 rings (SSSR count). The van der Waals surface area contributed by atoms with E-state index in [-0.39, 0.29) is 16.7 Å². The molecular weight excluding hydrogens is 314 g/mol. The van der Waals surface area contributed by atoms with Crippen molar-refractivity contribution in [1.82, 2.24) is 14.5 Å². The molecule has 0 spiro atoms. The quantitative estimate of drug-likeness (QED) is 0.754. The Kier molecular flexibility index (Phi) is 3.56. The number of aldehydes is 1. The van der Waals surface area contributed by atoms with Crippen molar-refractivity contribution in [2.24, 2.45) is 0 Å². The monoisotopic (exact) mass is 324 g/mol. The lowest BCUT2D eigenvalue weighted by molar-refractivity contribution is -0.0912. The Labute approximate surface area is 127 Å². The summed E-state index contributed by atoms with van der Waals surface area (Å²) in [5.41, 5.74) is -2.53. The van der Waals surface area contributed by atoms with Crippen molar-refractivity contribution < 1.29 is 28.5 Å². The molecule has 1 aliphatic rings. The maximum Gasteiger partial charge on any atom is 0.208 e. The summed E-state index contributed by atoms with van der Waals surface area (Å²) in [5, 5.41) is 27.9. The van der Waals surface area contributed by atoms with Crippen LogP contribution in [0.15, 0.2) is 12.5 Å². The van der Waals surface area contributed by atoms with Gasteiger partial charge in [0.2, 0.25) is 5.60 Å². The van der Waals surface area contributed by atoms with E-state index in [1.54, 1.807) is 0 Å². The molecule has 0 aliphatic carbocycles. The van der Waals surface area contributed by atoms with Crippen LogP contribution in [0.3, 0.4) is 0 Å². The Morgan fingerprint density at radius 2 is 2.30 bits per heavy atom. The molecule has 0 saturated carbocycles. The number of alkyl halides is 1. The minimum absolute atomic E-state index is 0.133. The molecule has 1 aliphatic heterocycles. The number of nitriles is 1. The summed E-state index contributed by atoms with van der Waals surface area (Å²) in [6.45, 7) is -0.947. The van der Waals surface area contributed by atoms with E-state index in [0.29, 0.717) is 6.29 Å². The van der Waals surface area contributed by atoms with Gasteiger partial charge in [0.25, 0.3) is 0 Å². The molecule has 3 heterocycles. The molecule has 2 N–H and O–H groups in total. The fraction of sp³-hybridized carbons (Fsp3) is 0.385. The minimum atomic E-state index is -2.17. The van der Waals surface area contributed by atoms with Gasteiger partial charge in [0.1, 0.15) is 29.8 Å². The summed E-state index contributed by atoms with van der Waals surface area (Å²) >= 11 is 0. The van der Waals surface area contributed by atoms with Gasteiger partial charge in [-0.2, -0.15) is 5.26 Å². The van der Waals surface area contributed by atoms with Gasteiger partial charge in [-0.1, -0.05) is 0 Å². The molecule has 4 unspecified atom stereocenters. The van der Waals surface area contributed by atoms with Crippen LogP contribution >= 0.6 is 0 Å². The van der Waals surface area contributed by atoms with Gasteiger partial charge in [-0.05, 0) is 0 Å². The second-order valence-electron chi connectivity index (χ2n) is 5.02. The van der Waals surface area contributed by atoms with Crippen LogP contribution in [0.5, 0.6) is 0 Å². The zero-order valence-corrected chi connectivity index (χ0v) is 11.4. The van der Waals surface area contributed by atoms with E-state index < -0.39 is 36.5 Å². The zero-order chi connectivity index (χ0) is 16.8. The van der Waals surface area contributed by atoms with E-state index >= 15 is 0 Å². The molecule has 0 aromatic carbocycles. The summed E-state index contributed by atoms with van der Waals surface area (Å²) in [7, 11) is 0. The molecule has 4 atom stereocenters. The summed E-state index contributed by atoms with van der Waals surface area (Å²) in [4.78, 5) is 18.3. The van der Waals surface area contributed by atoms with Crippen molar-refractivity contribution in [2.75, 3.05) is 6.61 Å². The molecule has 0 bridgehead atoms. The van der Waals surface area contributed by atoms with Crippen LogP contribution in [-0.2, 0) is 4.74 Å². The number of rotatable bonds is 3. The lowest BCUT2D eigenvalue weighted by Crippen LogP contribution is -2.44. The third-order valence-electron chi connectivity index (χ3n) is 3.79. The van der Waals surface area contributed by atoms with Crippen molar-refractivity contribution in [3.8, 4) is 6.07 Å². The molecule has 1 saturated heterocycles. The molecular formula is C13H10F2N4O4. The van der Waals surface area contributed by atoms with Gasteiger partial charge < -0.3 is 14.9 Å². The summed E-state index contributed by atoms with van der Waals surface area (Å²) in [6.07, 6.45) is -3.51. The normalized spacial score (nSPS) is 30.5. The van der Waals surface area contributed by atoms with Gasteiger partial charge in [-0.25, -0.2) is 18.7 Å². The standard InChI is InChI=1S/C13H10F2N4O4/c14-6-1-19(11-8(6)7(2-20)17-5-18-11)12-9(15)10(22)13(3-16,4-21)23-12/h1-2,5,9-10,12,21-22H,4H2. The first kappa shape index (κ1) is 15.4. The summed E-state index contributed by atoms with van der Waals surface area (Å²) < 4.78 is 34.5. The Hall–Kier alpha value is -2.48. The maximum atomic E-state index is 14.4. The molecule has 8 nitrogen and oxygen atoms in total. The number of hydrogen-bond acceptors (Lipinski definition) is 7. The SMILES string of the molecule is N#CC1(CO)OC(n2cc(F)c3c(C=O)ncnc32)C(F)C1O. The lowest BCUT2D eigenvalue weighted by atomic mass is 9.99. The van der Waals surface area contributed by atoms with Crippen LogP contribution in [0.1, 0.15) is 16.7 Å². The van der Waals surface area contributed by atoms with Crippen LogP contribution < -0.4 is 0 Å². The van der Waals surface area contributed by atoms with Gasteiger partial charge in [0.15, 0.2) is 24.5 Å². The average molecular weight is 324 g/mol. The first-order chi connectivity index (χ1) is 11.0. The van der Waals surface area contributed by atoms with Gasteiger partial charge in [0, 0.05) is 6.20 Å². The number of fused-ring (bicyclic) bond motifs is 1. The molecule has 2 aromatic heterocycles. The second-order valence-corrected chi connectivity index (χ2v) is 5.02. The minimum Gasteiger partial charge on any atom is -0.392 e. The number of carbonyl (C=O) groups is 1. The van der Waals surface area contributed by atoms with Crippen molar-refractivity contribution in [1.29, 1.82) is 5.26 Å². The third kappa shape index (κ3) is 2.02. The Bertz CT molecular complexity index is 820. The second kappa shape index (κ2) is 5.31. The fourth-order valence-corrected chi connectivity index (χ4v) is 2.58. The van der Waals surface area contributed by atoms with Gasteiger partial charge in [0.05, 0.1) is 12.0 Å². The largest absolute Gasteiger partial charge is 0.392 e. The Morgan fingerprint density at radius 3 is 2.87 bits per heavy atom. The zero-order valence-electron chi connectivity index (χ0n) is 11.4. The lowest BCUT2D eigenvalue weighted by Gasteiger charge is -2.21. The predicted molar refractivity (Wildman–Crippen MR) is 69.3 cm³/mol. The van der Waals surface area contributed by atoms with Crippen LogP contribution in [0.4, 0.5) is 8.78 Å². The molecule has 10 heteroatoms. The molecule has 0 amide bonds. The van der Waals surface area contributed by atoms with Crippen molar-refractivity contribution in [3.05, 3.63) is 24.0 Å². The van der Waals surface area contributed by atoms with Crippen molar-refractivity contribution in [3.63, 3.8) is 0 Å². The van der Waals surface area contributed by atoms with E-state index in [4.69, 9.17) is 10.00 Å². The highest BCUT2D eigenvalue weighted by Crippen LogP contribution is 2.40. The highest BCUT2D eigenvalue weighted by molar-refractivity contribution is 5.93. The van der Waals surface area contributed by atoms with Crippen molar-refractivity contribution in [2.45, 2.75) is 24.1 Å². The predicted octanol–water partition coefficient (Wildman–Crippen LogP) is -0.135. The number of aliphatic hydroxyl groups is 2. The molecule has 0 radical (unpaired) electrons. The number of carbonyl (C=O) groups excluding carboxylic acids is 1. The molecule has 1 fully saturated rings. The Balaban J connectivity index is 2.16. The first-order valence-electron chi connectivity index (χ1n) is 6.47. The maximum absolute atomic E-state index is 14.4. The van der Waals surface area contributed by atoms with Crippen LogP contribution in [0.2, 0.25) is 0 Å². The average Bonchev–Trinajstić information content (AvgIpc) is 3.04. The fourth-order valence-electron chi connectivity index (χ4n) is 2.58. The smallest absolute Gasteiger partial charge is 0.208 e. The number of aromatic nitrogens is 3. The number of halogens is 2. The van der Waals surface area contributed by atoms with Crippen molar-refractivity contribution >= 4 is 17.3 Å². The van der Waals surface area contributed by atoms with E-state index in [1.165, 1.54) is 6.07 Å². The van der Waals surface area contributed by atoms with Crippen LogP contribution in [0.25, 0.3) is 11.0 Å². The first-order valence-corrected chi connectivity index (χ1v) is 6.47. The van der Waals surface area contributed by atoms with Crippen LogP contribution in [0, 0.1) is 17.1 Å². The highest BCUT2D eigenvalue weighted by atomic mass is 19.1. The van der Waals surface area contributed by atoms with Gasteiger partial charge in [-0.3, -0.25) is 9.36 Å². The molecule has 23 heavy (non-hydrogen) atoms. The summed E-state index contributed by atoms with van der Waals surface area (Å²) in [5.74, 6) is -0.883. The number of aliphatic hydroxyl groups excluding tert-OH is 2. The molecule has 120 valence electrons. The molecule has 2 aromatic rings. The third-order valence-corrected chi connectivity index (χ3v) is 3.79. The number of ether oxygens (including phenoxy) is 1. The highest BCUT2D eigenvalue weighted by Gasteiger charge is 2.56. The number of nitrogens with zero attached hydrogens (tertiary/aromatic N) is 4. The van der Waals surface area contributed by atoms with Gasteiger partial charge in [-0.15, -0.1) is 0 Å². The topological polar surface area (TPSA) is 121 Å². The summed E-state index contributed by atoms with van der Waals surface area (Å²) in [6, 6.07) is 1.53. The van der Waals surface area contributed by atoms with E-state index in [1.807, 2.05) is 0 Å². The van der Waals surface area contributed by atoms with E-state index in [0.717, 1.165) is 17.1 Å². The van der Waals surface area contributed by atoms with E-state index in [9.17, 15) is 23.8 Å².